The molecule has 0 amide bonds. The van der Waals surface area contributed by atoms with Crippen LogP contribution in [-0.2, 0) is 0 Å². The summed E-state index contributed by atoms with van der Waals surface area (Å²) in [4.78, 5) is 11.5. The number of phenols is 2. The molecule has 2 heterocycles. The molecule has 0 atom stereocenters. The van der Waals surface area contributed by atoms with Gasteiger partial charge in [0.1, 0.15) is 5.82 Å². The Kier molecular flexibility index (Phi) is 3.69. The van der Waals surface area contributed by atoms with Gasteiger partial charge in [0, 0.05) is 18.7 Å². The fourth-order valence-electron chi connectivity index (χ4n) is 3.21. The maximum Gasteiger partial charge on any atom is 0.165 e. The van der Waals surface area contributed by atoms with Gasteiger partial charge in [-0.05, 0) is 43.0 Å². The summed E-state index contributed by atoms with van der Waals surface area (Å²) in [6, 6.07) is 10.6. The number of aromatic hydroxyl groups is 2. The van der Waals surface area contributed by atoms with Crippen LogP contribution in [0.25, 0.3) is 22.2 Å². The van der Waals surface area contributed by atoms with Gasteiger partial charge >= 0.3 is 0 Å². The molecule has 1 aliphatic heterocycles. The molecule has 1 saturated heterocycles. The molecule has 122 valence electrons. The molecular weight excluding hydrogens is 302 g/mol. The van der Waals surface area contributed by atoms with Crippen molar-refractivity contribution in [2.45, 2.75) is 19.3 Å². The molecule has 1 fully saturated rings. The number of nitrogens with zero attached hydrogens (tertiary/aromatic N) is 3. The highest BCUT2D eigenvalue weighted by atomic mass is 16.3. The lowest BCUT2D eigenvalue weighted by atomic mass is 10.0. The number of para-hydroxylation sites is 1. The zero-order valence-corrected chi connectivity index (χ0v) is 13.3. The summed E-state index contributed by atoms with van der Waals surface area (Å²) in [5.41, 5.74) is 3.00. The normalized spacial score (nSPS) is 14.9. The van der Waals surface area contributed by atoms with Gasteiger partial charge in [0.15, 0.2) is 11.5 Å². The van der Waals surface area contributed by atoms with Crippen molar-refractivity contribution in [3.8, 4) is 22.6 Å². The number of hydrogen-bond donors (Lipinski definition) is 2. The van der Waals surface area contributed by atoms with Crippen LogP contribution in [0.3, 0.4) is 0 Å². The summed E-state index contributed by atoms with van der Waals surface area (Å²) >= 11 is 0. The van der Waals surface area contributed by atoms with Crippen molar-refractivity contribution in [2.75, 3.05) is 18.0 Å². The summed E-state index contributed by atoms with van der Waals surface area (Å²) in [7, 11) is 0. The third-order valence-electron chi connectivity index (χ3n) is 4.54. The van der Waals surface area contributed by atoms with Crippen LogP contribution in [0.2, 0.25) is 0 Å². The van der Waals surface area contributed by atoms with Crippen molar-refractivity contribution in [1.82, 2.24) is 9.97 Å². The van der Waals surface area contributed by atoms with Crippen molar-refractivity contribution < 1.29 is 10.2 Å². The van der Waals surface area contributed by atoms with E-state index >= 15 is 0 Å². The Bertz CT molecular complexity index is 889. The molecule has 4 rings (SSSR count). The Morgan fingerprint density at radius 2 is 1.75 bits per heavy atom. The predicted molar refractivity (Wildman–Crippen MR) is 94.4 cm³/mol. The van der Waals surface area contributed by atoms with Crippen molar-refractivity contribution in [3.05, 3.63) is 42.6 Å². The molecule has 0 aliphatic carbocycles. The molecule has 0 radical (unpaired) electrons. The van der Waals surface area contributed by atoms with Gasteiger partial charge < -0.3 is 15.1 Å². The zero-order valence-electron chi connectivity index (χ0n) is 13.3. The van der Waals surface area contributed by atoms with Crippen molar-refractivity contribution in [2.24, 2.45) is 0 Å². The van der Waals surface area contributed by atoms with Gasteiger partial charge in [-0.1, -0.05) is 18.2 Å². The average Bonchev–Trinajstić information content (AvgIpc) is 2.64. The topological polar surface area (TPSA) is 69.5 Å². The van der Waals surface area contributed by atoms with Crippen LogP contribution in [-0.4, -0.2) is 33.3 Å². The van der Waals surface area contributed by atoms with Gasteiger partial charge in [0.05, 0.1) is 17.2 Å². The Balaban J connectivity index is 1.77. The predicted octanol–water partition coefficient (Wildman–Crippen LogP) is 3.70. The minimum atomic E-state index is -0.124. The van der Waals surface area contributed by atoms with Crippen LogP contribution < -0.4 is 4.90 Å². The van der Waals surface area contributed by atoms with Crippen molar-refractivity contribution in [3.63, 3.8) is 0 Å². The summed E-state index contributed by atoms with van der Waals surface area (Å²) in [6.45, 7) is 2.04. The van der Waals surface area contributed by atoms with E-state index in [1.165, 1.54) is 25.3 Å². The van der Waals surface area contributed by atoms with E-state index < -0.39 is 0 Å². The van der Waals surface area contributed by atoms with E-state index in [-0.39, 0.29) is 11.5 Å². The van der Waals surface area contributed by atoms with E-state index in [4.69, 9.17) is 4.98 Å². The van der Waals surface area contributed by atoms with Gasteiger partial charge in [-0.3, -0.25) is 4.98 Å². The second kappa shape index (κ2) is 6.00. The maximum atomic E-state index is 10.1. The number of benzene rings is 2. The molecule has 1 aliphatic rings. The smallest absolute Gasteiger partial charge is 0.165 e. The van der Waals surface area contributed by atoms with Crippen LogP contribution in [0, 0.1) is 0 Å². The molecule has 0 spiro atoms. The molecule has 5 heteroatoms. The highest BCUT2D eigenvalue weighted by Crippen LogP contribution is 2.36. The first kappa shape index (κ1) is 14.8. The SMILES string of the molecule is Oc1cccc(-c2ccc3ncc(N4CCCCC4)nc3c2)c1O. The molecule has 2 N–H and O–H groups in total. The number of aromatic nitrogens is 2. The standard InChI is InChI=1S/C19H19N3O2/c23-17-6-4-5-14(19(17)24)13-7-8-15-16(11-13)21-18(12-20-15)22-9-2-1-3-10-22/h4-8,11-12,23-24H,1-3,9-10H2. The summed E-state index contributed by atoms with van der Waals surface area (Å²) in [5.74, 6) is 0.664. The molecule has 3 aromatic rings. The zero-order chi connectivity index (χ0) is 16.5. The first-order valence-electron chi connectivity index (χ1n) is 8.25. The van der Waals surface area contributed by atoms with Crippen molar-refractivity contribution >= 4 is 16.9 Å². The van der Waals surface area contributed by atoms with E-state index in [2.05, 4.69) is 9.88 Å². The monoisotopic (exact) mass is 321 g/mol. The molecule has 0 bridgehead atoms. The quantitative estimate of drug-likeness (QED) is 0.704. The lowest BCUT2D eigenvalue weighted by Crippen LogP contribution is -2.30. The summed E-state index contributed by atoms with van der Waals surface area (Å²) in [5, 5.41) is 19.8. The maximum absolute atomic E-state index is 10.1. The van der Waals surface area contributed by atoms with Crippen LogP contribution in [0.1, 0.15) is 19.3 Å². The third-order valence-corrected chi connectivity index (χ3v) is 4.54. The lowest BCUT2D eigenvalue weighted by Gasteiger charge is -2.27. The third kappa shape index (κ3) is 2.62. The number of phenolic OH excluding ortho intramolecular Hbond substituents is 2. The van der Waals surface area contributed by atoms with Crippen molar-refractivity contribution in [1.29, 1.82) is 0 Å². The minimum Gasteiger partial charge on any atom is -0.504 e. The Morgan fingerprint density at radius 1 is 0.917 bits per heavy atom. The Morgan fingerprint density at radius 3 is 2.58 bits per heavy atom. The summed E-state index contributed by atoms with van der Waals surface area (Å²) < 4.78 is 0. The van der Waals surface area contributed by atoms with Crippen LogP contribution in [0.5, 0.6) is 11.5 Å². The lowest BCUT2D eigenvalue weighted by molar-refractivity contribution is 0.405. The van der Waals surface area contributed by atoms with Gasteiger partial charge in [-0.15, -0.1) is 0 Å². The Labute approximate surface area is 140 Å². The second-order valence-corrected chi connectivity index (χ2v) is 6.15. The largest absolute Gasteiger partial charge is 0.504 e. The number of piperidine rings is 1. The Hall–Kier alpha value is -2.82. The second-order valence-electron chi connectivity index (χ2n) is 6.15. The molecule has 1 aromatic heterocycles. The fraction of sp³-hybridized carbons (Fsp3) is 0.263. The van der Waals surface area contributed by atoms with E-state index in [1.54, 1.807) is 12.1 Å². The number of rotatable bonds is 2. The van der Waals surface area contributed by atoms with Gasteiger partial charge in [0.25, 0.3) is 0 Å². The van der Waals surface area contributed by atoms with Gasteiger partial charge in [-0.25, -0.2) is 4.98 Å². The fourth-order valence-corrected chi connectivity index (χ4v) is 3.21. The molecule has 0 unspecified atom stereocenters. The molecular formula is C19H19N3O2. The highest BCUT2D eigenvalue weighted by Gasteiger charge is 2.14. The average molecular weight is 321 g/mol. The first-order chi connectivity index (χ1) is 11.7. The first-order valence-corrected chi connectivity index (χ1v) is 8.25. The highest BCUT2D eigenvalue weighted by molar-refractivity contribution is 5.84. The molecule has 2 aromatic carbocycles. The van der Waals surface area contributed by atoms with Crippen LogP contribution in [0.15, 0.2) is 42.6 Å². The number of anilines is 1. The van der Waals surface area contributed by atoms with Gasteiger partial charge in [-0.2, -0.15) is 0 Å². The number of hydrogen-bond acceptors (Lipinski definition) is 5. The van der Waals surface area contributed by atoms with Gasteiger partial charge in [0.2, 0.25) is 0 Å². The minimum absolute atomic E-state index is 0.114. The van der Waals surface area contributed by atoms with E-state index in [0.717, 1.165) is 35.5 Å². The molecule has 24 heavy (non-hydrogen) atoms. The van der Waals surface area contributed by atoms with E-state index in [1.807, 2.05) is 24.4 Å². The molecule has 5 nitrogen and oxygen atoms in total. The van der Waals surface area contributed by atoms with E-state index in [0.29, 0.717) is 5.56 Å². The molecule has 0 saturated carbocycles. The number of fused-ring (bicyclic) bond motifs is 1. The van der Waals surface area contributed by atoms with Crippen LogP contribution >= 0.6 is 0 Å². The van der Waals surface area contributed by atoms with E-state index in [9.17, 15) is 10.2 Å². The van der Waals surface area contributed by atoms with Crippen LogP contribution in [0.4, 0.5) is 5.82 Å². The summed E-state index contributed by atoms with van der Waals surface area (Å²) in [6.07, 6.45) is 5.49.